The number of aliphatic hydroxyl groups is 1. The molecule has 23 N–H and O–H groups in total. The number of fused-ring (bicyclic) bond motifs is 1. The lowest BCUT2D eigenvalue weighted by atomic mass is 9.99. The molecule has 0 aliphatic carbocycles. The van der Waals surface area contributed by atoms with E-state index in [9.17, 15) is 62.6 Å². The maximum atomic E-state index is 14.9. The fourth-order valence-electron chi connectivity index (χ4n) is 9.56. The minimum Gasteiger partial charge on any atom is -0.481 e. The number of unbranched alkanes of at least 4 members (excludes halogenated alkanes) is 1. The number of para-hydroxylation sites is 1. The number of amides is 11. The van der Waals surface area contributed by atoms with Gasteiger partial charge in [-0.3, -0.25) is 62.5 Å². The lowest BCUT2D eigenvalue weighted by Crippen LogP contribution is -2.61. The summed E-state index contributed by atoms with van der Waals surface area (Å²) < 4.78 is 0. The molecule has 2 aromatic heterocycles. The number of aliphatic imine (C=N–C) groups is 1. The van der Waals surface area contributed by atoms with E-state index in [1.807, 2.05) is 0 Å². The number of benzene rings is 1. The number of aliphatic carboxylic acids is 1. The van der Waals surface area contributed by atoms with Gasteiger partial charge in [-0.15, -0.1) is 0 Å². The van der Waals surface area contributed by atoms with Gasteiger partial charge in [0, 0.05) is 67.1 Å². The van der Waals surface area contributed by atoms with Crippen molar-refractivity contribution in [2.24, 2.45) is 45.5 Å². The Morgan fingerprint density at radius 2 is 1.26 bits per heavy atom. The lowest BCUT2D eigenvalue weighted by molar-refractivity contribution is -0.139. The number of nitrogens with two attached hydrogens (primary N) is 5. The van der Waals surface area contributed by atoms with Crippen LogP contribution in [0.3, 0.4) is 0 Å². The first-order chi connectivity index (χ1) is 43.5. The van der Waals surface area contributed by atoms with E-state index >= 15 is 0 Å². The molecule has 0 spiro atoms. The van der Waals surface area contributed by atoms with Crippen LogP contribution in [0.2, 0.25) is 0 Å². The van der Waals surface area contributed by atoms with Crippen molar-refractivity contribution < 1.29 is 67.7 Å². The number of rotatable bonds is 42. The summed E-state index contributed by atoms with van der Waals surface area (Å²) in [4.78, 5) is 177. The van der Waals surface area contributed by atoms with Crippen LogP contribution in [0.15, 0.2) is 48.0 Å². The Hall–Kier alpha value is -8.89. The number of aromatic amines is 2. The highest BCUT2D eigenvalue weighted by atomic mass is 32.1. The first-order valence-corrected chi connectivity index (χ1v) is 30.9. The fourth-order valence-corrected chi connectivity index (χ4v) is 9.93. The van der Waals surface area contributed by atoms with E-state index in [2.05, 4.69) is 80.4 Å². The number of carbonyl (C=O) groups excluding carboxylic acids is 11. The van der Waals surface area contributed by atoms with Crippen LogP contribution in [-0.4, -0.2) is 206 Å². The highest BCUT2D eigenvalue weighted by Crippen LogP contribution is 2.20. The molecular weight excluding hydrogens is 1220 g/mol. The number of hydrogen-bond acceptors (Lipinski definition) is 18. The fraction of sp³-hybridized carbons (Fsp3) is 0.586. The first kappa shape index (κ1) is 77.4. The highest BCUT2D eigenvalue weighted by Gasteiger charge is 2.36. The quantitative estimate of drug-likeness (QED) is 0.0110. The van der Waals surface area contributed by atoms with Crippen LogP contribution >= 0.6 is 12.6 Å². The van der Waals surface area contributed by atoms with E-state index in [0.29, 0.717) is 35.0 Å². The molecule has 0 saturated carbocycles. The number of carboxylic acids is 1. The number of guanidine groups is 1. The molecule has 3 rings (SSSR count). The van der Waals surface area contributed by atoms with Crippen molar-refractivity contribution in [3.8, 4) is 0 Å². The average molecular weight is 1310 g/mol. The third-order valence-electron chi connectivity index (χ3n) is 14.6. The second-order valence-electron chi connectivity index (χ2n) is 22.8. The van der Waals surface area contributed by atoms with E-state index in [0.717, 1.165) is 0 Å². The van der Waals surface area contributed by atoms with Gasteiger partial charge in [0.1, 0.15) is 48.3 Å². The molecule has 0 unspecified atom stereocenters. The number of nitrogens with one attached hydrogen (secondary N) is 11. The number of carbonyl (C=O) groups is 12. The summed E-state index contributed by atoms with van der Waals surface area (Å²) in [5.74, 6) is -11.7. The summed E-state index contributed by atoms with van der Waals surface area (Å²) in [5.41, 5.74) is 29.9. The predicted molar refractivity (Wildman–Crippen MR) is 342 cm³/mol. The van der Waals surface area contributed by atoms with Gasteiger partial charge in [-0.1, -0.05) is 45.9 Å². The van der Waals surface area contributed by atoms with Gasteiger partial charge in [-0.25, -0.2) is 4.98 Å². The number of imidazole rings is 1. The lowest BCUT2D eigenvalue weighted by Gasteiger charge is -2.29. The zero-order valence-corrected chi connectivity index (χ0v) is 53.6. The topological polar surface area (TPSA) is 544 Å². The SMILES string of the molecule is CCN(C(=O)CNC(=O)[C@H](CCCCN)NC(=O)[C@H](CC(C)C)NC(=O)[C@H](Cc1c[nH]c2ccccc12)NC(=O)[C@H](CCCN=C(N)N)NC(=O)[C@H](Cc1cnc[nH]1)NC(=O)CNC(=O)[C@@H](NC(=O)[C@@H](NC(=O)[C@@H](N)CCC(=O)O)C(C)C)[C@@H](C)O)[C@@H](CS)C(N)=O. The standard InChI is InChI=1S/C58H93N19O14S/c1-7-77(43(28-92)49(61)83)45(80)27-68-51(85)38(15-10-11-19-59)71-53(87)40(21-30(2)3)73-54(88)41(22-33-24-66-37-14-9-8-13-35(33)37)74-52(86)39(16-12-20-65-58(62)63)72-55(89)42(23-34-25-64-29-69-34)70-44(79)26-67-56(90)48(32(6)78)76-57(91)47(31(4)5)75-50(84)36(60)17-18-46(81)82/h8-9,13-14,24-25,29-32,36,38-43,47-48,66,78,92H,7,10-12,15-23,26-28,59-60H2,1-6H3,(H2,61,83)(H,64,69)(H,67,90)(H,68,85)(H,70,79)(H,71,87)(H,72,89)(H,73,88)(H,74,86)(H,75,84)(H,76,91)(H,81,82)(H4,62,63,65)/t32-,36+,38+,39+,40+,41+,42+,43+,47+,48+/m1/s1. The van der Waals surface area contributed by atoms with Gasteiger partial charge in [0.2, 0.25) is 65.0 Å². The Labute approximate surface area is 538 Å². The van der Waals surface area contributed by atoms with E-state index in [-0.39, 0.29) is 82.2 Å². The number of thiol groups is 1. The normalized spacial score (nSPS) is 14.5. The molecule has 33 nitrogen and oxygen atoms in total. The third kappa shape index (κ3) is 26.1. The molecule has 0 saturated heterocycles. The average Bonchev–Trinajstić information content (AvgIpc) is 1.84. The minimum atomic E-state index is -1.69. The van der Waals surface area contributed by atoms with Crippen molar-refractivity contribution in [2.45, 2.75) is 166 Å². The molecule has 0 bridgehead atoms. The van der Waals surface area contributed by atoms with Crippen LogP contribution in [-0.2, 0) is 70.4 Å². The van der Waals surface area contributed by atoms with Crippen molar-refractivity contribution >= 4 is 100 Å². The number of hydrogen-bond donors (Lipinski definition) is 19. The zero-order chi connectivity index (χ0) is 68.8. The molecule has 510 valence electrons. The second-order valence-corrected chi connectivity index (χ2v) is 23.1. The van der Waals surface area contributed by atoms with Gasteiger partial charge in [-0.2, -0.15) is 12.6 Å². The van der Waals surface area contributed by atoms with E-state index < -0.39 is 157 Å². The largest absolute Gasteiger partial charge is 0.481 e. The smallest absolute Gasteiger partial charge is 0.303 e. The Morgan fingerprint density at radius 1 is 0.674 bits per heavy atom. The van der Waals surface area contributed by atoms with E-state index in [4.69, 9.17) is 33.8 Å². The van der Waals surface area contributed by atoms with Crippen LogP contribution in [0, 0.1) is 11.8 Å². The maximum absolute atomic E-state index is 14.9. The van der Waals surface area contributed by atoms with Crippen molar-refractivity contribution in [1.82, 2.24) is 67.7 Å². The summed E-state index contributed by atoms with van der Waals surface area (Å²) in [6.45, 7) is 8.51. The molecule has 3 aromatic rings. The Bertz CT molecular complexity index is 2990. The molecule has 0 fully saturated rings. The van der Waals surface area contributed by atoms with Crippen molar-refractivity contribution in [3.05, 3.63) is 54.2 Å². The summed E-state index contributed by atoms with van der Waals surface area (Å²) in [5, 5.41) is 43.4. The summed E-state index contributed by atoms with van der Waals surface area (Å²) in [6, 6.07) is -5.16. The zero-order valence-electron chi connectivity index (χ0n) is 52.8. The van der Waals surface area contributed by atoms with Crippen LogP contribution in [0.5, 0.6) is 0 Å². The number of nitrogens with zero attached hydrogens (tertiary/aromatic N) is 3. The number of likely N-dealkylation sites (N-methyl/N-ethyl adjacent to an activating group) is 1. The van der Waals surface area contributed by atoms with Crippen LogP contribution in [0.1, 0.15) is 104 Å². The van der Waals surface area contributed by atoms with Gasteiger partial charge >= 0.3 is 5.97 Å². The maximum Gasteiger partial charge on any atom is 0.303 e. The molecule has 2 heterocycles. The first-order valence-electron chi connectivity index (χ1n) is 30.3. The third-order valence-corrected chi connectivity index (χ3v) is 14.9. The van der Waals surface area contributed by atoms with Crippen LogP contribution in [0.4, 0.5) is 0 Å². The van der Waals surface area contributed by atoms with E-state index in [1.165, 1.54) is 24.3 Å². The Morgan fingerprint density at radius 3 is 1.84 bits per heavy atom. The number of aliphatic hydroxyl groups excluding tert-OH is 1. The molecule has 1 aromatic carbocycles. The van der Waals surface area contributed by atoms with E-state index in [1.54, 1.807) is 65.1 Å². The molecule has 11 amide bonds. The number of primary amides is 1. The van der Waals surface area contributed by atoms with Gasteiger partial charge in [0.25, 0.3) is 0 Å². The molecule has 10 atom stereocenters. The molecular formula is C58H93N19O14S. The molecule has 0 radical (unpaired) electrons. The number of carboxylic acid groups (broad SMARTS) is 1. The predicted octanol–water partition coefficient (Wildman–Crippen LogP) is -4.61. The van der Waals surface area contributed by atoms with Crippen molar-refractivity contribution in [2.75, 3.05) is 38.5 Å². The molecule has 34 heteroatoms. The van der Waals surface area contributed by atoms with Crippen LogP contribution in [0.25, 0.3) is 10.9 Å². The van der Waals surface area contributed by atoms with Crippen molar-refractivity contribution in [3.63, 3.8) is 0 Å². The minimum absolute atomic E-state index is 0.0186. The Kier molecular flexibility index (Phi) is 33.1. The van der Waals surface area contributed by atoms with Crippen LogP contribution < -0.4 is 76.5 Å². The van der Waals surface area contributed by atoms with Gasteiger partial charge in [-0.05, 0) is 88.8 Å². The molecule has 0 aliphatic heterocycles. The highest BCUT2D eigenvalue weighted by molar-refractivity contribution is 7.80. The Balaban J connectivity index is 1.96. The second kappa shape index (κ2) is 39.4. The number of aromatic nitrogens is 3. The van der Waals surface area contributed by atoms with Gasteiger partial charge in [0.15, 0.2) is 5.96 Å². The van der Waals surface area contributed by atoms with Crippen molar-refractivity contribution in [1.29, 1.82) is 0 Å². The monoisotopic (exact) mass is 1310 g/mol. The van der Waals surface area contributed by atoms with Gasteiger partial charge < -0.3 is 102 Å². The summed E-state index contributed by atoms with van der Waals surface area (Å²) >= 11 is 4.14. The number of H-pyrrole nitrogens is 2. The summed E-state index contributed by atoms with van der Waals surface area (Å²) in [7, 11) is 0. The van der Waals surface area contributed by atoms with Gasteiger partial charge in [0.05, 0.1) is 31.6 Å². The summed E-state index contributed by atoms with van der Waals surface area (Å²) in [6.07, 6.45) is 2.58. The molecule has 0 aliphatic rings. The molecule has 92 heavy (non-hydrogen) atoms.